The van der Waals surface area contributed by atoms with Crippen LogP contribution in [0.3, 0.4) is 0 Å². The first-order valence-electron chi connectivity index (χ1n) is 8.42. The van der Waals surface area contributed by atoms with Crippen molar-refractivity contribution in [3.63, 3.8) is 0 Å². The standard InChI is InChI=1S/C12H17N5O5.C4H4O4/c1-22-10-5(6(18)7(19)8(20)9(10)21)17-3-16-4-11(13)14-2-15-12(4)17;5-3(6)1-2-4(7)8/h2-3,5-10,18-21H,1H3,(H2,13,14,15);1-2H,(H,5,6)(H,7,8)/b;2-1+/t5-,6-,7-,8+,9+,10+;/m1./s1. The van der Waals surface area contributed by atoms with Gasteiger partial charge in [-0.2, -0.15) is 0 Å². The molecule has 164 valence electrons. The monoisotopic (exact) mass is 427 g/mol. The van der Waals surface area contributed by atoms with Gasteiger partial charge in [0.15, 0.2) is 11.5 Å². The predicted octanol–water partition coefficient (Wildman–Crippen LogP) is -2.87. The number of nitrogen functional groups attached to an aromatic ring is 1. The number of anilines is 1. The predicted molar refractivity (Wildman–Crippen MR) is 98.0 cm³/mol. The normalized spacial score (nSPS) is 28.8. The van der Waals surface area contributed by atoms with Crippen LogP contribution in [0.5, 0.6) is 0 Å². The molecule has 8 N–H and O–H groups in total. The largest absolute Gasteiger partial charge is 0.478 e. The van der Waals surface area contributed by atoms with Crippen LogP contribution < -0.4 is 5.73 Å². The van der Waals surface area contributed by atoms with Gasteiger partial charge in [0.1, 0.15) is 42.4 Å². The van der Waals surface area contributed by atoms with Gasteiger partial charge in [0.05, 0.1) is 12.4 Å². The van der Waals surface area contributed by atoms with E-state index >= 15 is 0 Å². The second-order valence-corrected chi connectivity index (χ2v) is 6.25. The highest BCUT2D eigenvalue weighted by Crippen LogP contribution is 2.34. The number of carboxylic acid groups (broad SMARTS) is 2. The van der Waals surface area contributed by atoms with E-state index in [0.717, 1.165) is 0 Å². The van der Waals surface area contributed by atoms with Crippen LogP contribution in [0.1, 0.15) is 6.04 Å². The first-order valence-corrected chi connectivity index (χ1v) is 8.42. The molecule has 0 aliphatic heterocycles. The molecular formula is C16H21N5O9. The molecule has 0 spiro atoms. The molecule has 1 saturated carbocycles. The second-order valence-electron chi connectivity index (χ2n) is 6.25. The SMILES string of the molecule is CO[C@@H]1[C@@H](O)[C@@H](O)[C@H](O)[C@H](O)[C@H]1n1cnc2c(N)ncnc21.O=C(O)/C=C/C(=O)O. The number of fused-ring (bicyclic) bond motifs is 1. The van der Waals surface area contributed by atoms with E-state index in [1.807, 2.05) is 0 Å². The van der Waals surface area contributed by atoms with E-state index in [4.69, 9.17) is 20.7 Å². The summed E-state index contributed by atoms with van der Waals surface area (Å²) in [7, 11) is 1.33. The number of nitrogens with zero attached hydrogens (tertiary/aromatic N) is 4. The lowest BCUT2D eigenvalue weighted by Gasteiger charge is -2.43. The Hall–Kier alpha value is -3.17. The summed E-state index contributed by atoms with van der Waals surface area (Å²) >= 11 is 0. The molecule has 0 saturated heterocycles. The Kier molecular flexibility index (Phi) is 7.36. The molecule has 2 heterocycles. The number of aliphatic hydroxyl groups is 4. The Morgan fingerprint density at radius 1 is 1.00 bits per heavy atom. The van der Waals surface area contributed by atoms with E-state index in [2.05, 4.69) is 15.0 Å². The van der Waals surface area contributed by atoms with Crippen molar-refractivity contribution in [1.29, 1.82) is 0 Å². The van der Waals surface area contributed by atoms with E-state index in [9.17, 15) is 30.0 Å². The van der Waals surface area contributed by atoms with Crippen molar-refractivity contribution in [1.82, 2.24) is 19.5 Å². The second kappa shape index (κ2) is 9.55. The topological polar surface area (TPSA) is 234 Å². The van der Waals surface area contributed by atoms with Crippen LogP contribution in [-0.2, 0) is 14.3 Å². The summed E-state index contributed by atoms with van der Waals surface area (Å²) in [5.74, 6) is -2.34. The van der Waals surface area contributed by atoms with Gasteiger partial charge in [-0.15, -0.1) is 0 Å². The van der Waals surface area contributed by atoms with Crippen molar-refractivity contribution in [3.8, 4) is 0 Å². The highest BCUT2D eigenvalue weighted by Gasteiger charge is 2.50. The fraction of sp³-hybridized carbons (Fsp3) is 0.438. The van der Waals surface area contributed by atoms with Gasteiger partial charge < -0.3 is 45.7 Å². The summed E-state index contributed by atoms with van der Waals surface area (Å²) in [6.07, 6.45) is -3.08. The van der Waals surface area contributed by atoms with Gasteiger partial charge in [-0.1, -0.05) is 0 Å². The van der Waals surface area contributed by atoms with E-state index in [0.29, 0.717) is 23.3 Å². The van der Waals surface area contributed by atoms with Crippen molar-refractivity contribution < 1.29 is 45.0 Å². The number of carbonyl (C=O) groups is 2. The molecule has 2 aromatic heterocycles. The maximum atomic E-state index is 10.3. The zero-order valence-electron chi connectivity index (χ0n) is 15.5. The number of methoxy groups -OCH3 is 1. The zero-order chi connectivity index (χ0) is 22.6. The minimum atomic E-state index is -1.54. The zero-order valence-corrected chi connectivity index (χ0v) is 15.5. The molecular weight excluding hydrogens is 406 g/mol. The van der Waals surface area contributed by atoms with Crippen LogP contribution in [-0.4, -0.2) is 99.7 Å². The van der Waals surface area contributed by atoms with Gasteiger partial charge in [-0.25, -0.2) is 24.5 Å². The average Bonchev–Trinajstić information content (AvgIpc) is 3.13. The van der Waals surface area contributed by atoms with Gasteiger partial charge in [0, 0.05) is 19.3 Å². The summed E-state index contributed by atoms with van der Waals surface area (Å²) < 4.78 is 6.65. The molecule has 30 heavy (non-hydrogen) atoms. The third-order valence-electron chi connectivity index (χ3n) is 4.42. The average molecular weight is 427 g/mol. The molecule has 1 aliphatic carbocycles. The van der Waals surface area contributed by atoms with Gasteiger partial charge >= 0.3 is 11.9 Å². The number of hydrogen-bond acceptors (Lipinski definition) is 11. The van der Waals surface area contributed by atoms with Crippen molar-refractivity contribution >= 4 is 28.9 Å². The van der Waals surface area contributed by atoms with E-state index < -0.39 is 48.5 Å². The van der Waals surface area contributed by atoms with E-state index in [1.54, 1.807) is 0 Å². The van der Waals surface area contributed by atoms with Crippen LogP contribution in [0, 0.1) is 0 Å². The molecule has 0 bridgehead atoms. The van der Waals surface area contributed by atoms with Crippen molar-refractivity contribution in [2.75, 3.05) is 12.8 Å². The fourth-order valence-electron chi connectivity index (χ4n) is 3.03. The maximum absolute atomic E-state index is 10.3. The first-order chi connectivity index (χ1) is 14.1. The number of rotatable bonds is 4. The number of carboxylic acids is 2. The van der Waals surface area contributed by atoms with Gasteiger partial charge in [0.2, 0.25) is 0 Å². The lowest BCUT2D eigenvalue weighted by Crippen LogP contribution is -2.61. The van der Waals surface area contributed by atoms with Crippen LogP contribution >= 0.6 is 0 Å². The molecule has 14 heteroatoms. The first kappa shape index (κ1) is 23.1. The highest BCUT2D eigenvalue weighted by atomic mass is 16.5. The minimum Gasteiger partial charge on any atom is -0.478 e. The van der Waals surface area contributed by atoms with Crippen LogP contribution in [0.25, 0.3) is 11.2 Å². The molecule has 14 nitrogen and oxygen atoms in total. The summed E-state index contributed by atoms with van der Waals surface area (Å²) in [6.45, 7) is 0. The minimum absolute atomic E-state index is 0.171. The summed E-state index contributed by atoms with van der Waals surface area (Å²) in [4.78, 5) is 31.1. The molecule has 0 radical (unpaired) electrons. The summed E-state index contributed by atoms with van der Waals surface area (Å²) in [6, 6.07) is -0.905. The third-order valence-corrected chi connectivity index (χ3v) is 4.42. The molecule has 3 rings (SSSR count). The number of ether oxygens (including phenoxy) is 1. The van der Waals surface area contributed by atoms with Gasteiger partial charge in [-0.05, 0) is 0 Å². The van der Waals surface area contributed by atoms with Gasteiger partial charge in [0.25, 0.3) is 0 Å². The Morgan fingerprint density at radius 3 is 2.10 bits per heavy atom. The molecule has 1 fully saturated rings. The van der Waals surface area contributed by atoms with Crippen molar-refractivity contribution in [2.24, 2.45) is 0 Å². The van der Waals surface area contributed by atoms with Crippen molar-refractivity contribution in [3.05, 3.63) is 24.8 Å². The lowest BCUT2D eigenvalue weighted by atomic mass is 9.83. The Balaban J connectivity index is 0.000000343. The fourth-order valence-corrected chi connectivity index (χ4v) is 3.03. The number of imidazole rings is 1. The molecule has 2 aromatic rings. The molecule has 0 unspecified atom stereocenters. The summed E-state index contributed by atoms with van der Waals surface area (Å²) in [5.41, 5.74) is 6.38. The van der Waals surface area contributed by atoms with Crippen LogP contribution in [0.2, 0.25) is 0 Å². The smallest absolute Gasteiger partial charge is 0.328 e. The Morgan fingerprint density at radius 2 is 1.57 bits per heavy atom. The highest BCUT2D eigenvalue weighted by molar-refractivity contribution is 5.89. The molecule has 1 aliphatic rings. The summed E-state index contributed by atoms with van der Waals surface area (Å²) in [5, 5.41) is 55.7. The number of nitrogens with two attached hydrogens (primary N) is 1. The quantitative estimate of drug-likeness (QED) is 0.243. The number of aliphatic carboxylic acids is 2. The van der Waals surface area contributed by atoms with E-state index in [-0.39, 0.29) is 5.82 Å². The number of hydrogen-bond donors (Lipinski definition) is 7. The van der Waals surface area contributed by atoms with E-state index in [1.165, 1.54) is 24.3 Å². The Bertz CT molecular complexity index is 917. The van der Waals surface area contributed by atoms with Crippen molar-refractivity contribution in [2.45, 2.75) is 36.6 Å². The molecule has 0 aromatic carbocycles. The maximum Gasteiger partial charge on any atom is 0.328 e. The van der Waals surface area contributed by atoms with Crippen LogP contribution in [0.4, 0.5) is 5.82 Å². The number of aromatic nitrogens is 4. The van der Waals surface area contributed by atoms with Gasteiger partial charge in [-0.3, -0.25) is 0 Å². The Labute approximate surface area is 168 Å². The number of aliphatic hydroxyl groups excluding tert-OH is 4. The molecule has 0 amide bonds. The van der Waals surface area contributed by atoms with Crippen LogP contribution in [0.15, 0.2) is 24.8 Å². The third kappa shape index (κ3) is 4.69. The molecule has 6 atom stereocenters. The lowest BCUT2D eigenvalue weighted by molar-refractivity contribution is -0.205.